The van der Waals surface area contributed by atoms with E-state index in [4.69, 9.17) is 16.7 Å². The molecule has 5 heteroatoms. The second-order valence-electron chi connectivity index (χ2n) is 4.42. The summed E-state index contributed by atoms with van der Waals surface area (Å²) in [5.74, 6) is -0.172. The first-order chi connectivity index (χ1) is 8.18. The SMILES string of the molecule is O=C(O)c1nc(C2CCCCCC2)ncc1Cl. The minimum Gasteiger partial charge on any atom is -0.476 e. The molecule has 0 saturated heterocycles. The van der Waals surface area contributed by atoms with Gasteiger partial charge in [0, 0.05) is 5.92 Å². The molecule has 1 aromatic heterocycles. The van der Waals surface area contributed by atoms with Gasteiger partial charge in [-0.1, -0.05) is 37.3 Å². The molecule has 1 saturated carbocycles. The van der Waals surface area contributed by atoms with Crippen LogP contribution in [0.25, 0.3) is 0 Å². The lowest BCUT2D eigenvalue weighted by molar-refractivity contribution is 0.0690. The lowest BCUT2D eigenvalue weighted by Gasteiger charge is -2.12. The van der Waals surface area contributed by atoms with E-state index in [0.717, 1.165) is 12.8 Å². The highest BCUT2D eigenvalue weighted by Gasteiger charge is 2.20. The molecule has 1 fully saturated rings. The fraction of sp³-hybridized carbons (Fsp3) is 0.583. The smallest absolute Gasteiger partial charge is 0.356 e. The summed E-state index contributed by atoms with van der Waals surface area (Å²) in [4.78, 5) is 19.2. The van der Waals surface area contributed by atoms with Crippen LogP contribution in [0.5, 0.6) is 0 Å². The molecule has 17 heavy (non-hydrogen) atoms. The Morgan fingerprint density at radius 1 is 1.29 bits per heavy atom. The topological polar surface area (TPSA) is 63.1 Å². The molecule has 1 N–H and O–H groups in total. The van der Waals surface area contributed by atoms with Crippen LogP contribution in [0.15, 0.2) is 6.20 Å². The largest absolute Gasteiger partial charge is 0.476 e. The van der Waals surface area contributed by atoms with E-state index in [-0.39, 0.29) is 16.6 Å². The predicted molar refractivity (Wildman–Crippen MR) is 64.4 cm³/mol. The molecule has 1 aliphatic rings. The summed E-state index contributed by atoms with van der Waals surface area (Å²) in [5, 5.41) is 9.08. The normalized spacial score (nSPS) is 17.7. The van der Waals surface area contributed by atoms with Gasteiger partial charge in [0.15, 0.2) is 5.69 Å². The average molecular weight is 255 g/mol. The minimum atomic E-state index is -1.09. The maximum Gasteiger partial charge on any atom is 0.356 e. The van der Waals surface area contributed by atoms with E-state index in [0.29, 0.717) is 5.82 Å². The molecule has 4 nitrogen and oxygen atoms in total. The van der Waals surface area contributed by atoms with Crippen LogP contribution in [-0.2, 0) is 0 Å². The second kappa shape index (κ2) is 5.45. The molecule has 0 radical (unpaired) electrons. The van der Waals surface area contributed by atoms with Crippen LogP contribution in [0.2, 0.25) is 5.02 Å². The van der Waals surface area contributed by atoms with Crippen LogP contribution in [0, 0.1) is 0 Å². The van der Waals surface area contributed by atoms with Crippen molar-refractivity contribution in [1.29, 1.82) is 0 Å². The number of hydrogen-bond acceptors (Lipinski definition) is 3. The van der Waals surface area contributed by atoms with Gasteiger partial charge in [-0.2, -0.15) is 0 Å². The average Bonchev–Trinajstić information content (AvgIpc) is 2.58. The van der Waals surface area contributed by atoms with Gasteiger partial charge in [0.05, 0.1) is 11.2 Å². The number of hydrogen-bond donors (Lipinski definition) is 1. The van der Waals surface area contributed by atoms with Crippen LogP contribution < -0.4 is 0 Å². The van der Waals surface area contributed by atoms with Gasteiger partial charge < -0.3 is 5.11 Å². The van der Waals surface area contributed by atoms with Gasteiger partial charge in [0.25, 0.3) is 0 Å². The van der Waals surface area contributed by atoms with Crippen LogP contribution in [-0.4, -0.2) is 21.0 Å². The van der Waals surface area contributed by atoms with Crippen molar-refractivity contribution >= 4 is 17.6 Å². The van der Waals surface area contributed by atoms with E-state index in [1.54, 1.807) is 0 Å². The molecule has 0 amide bonds. The van der Waals surface area contributed by atoms with Crippen molar-refractivity contribution in [3.63, 3.8) is 0 Å². The fourth-order valence-corrected chi connectivity index (χ4v) is 2.44. The summed E-state index contributed by atoms with van der Waals surface area (Å²) >= 11 is 5.76. The molecule has 0 atom stereocenters. The van der Waals surface area contributed by atoms with Crippen LogP contribution in [0.4, 0.5) is 0 Å². The summed E-state index contributed by atoms with van der Waals surface area (Å²) in [6.45, 7) is 0. The van der Waals surface area contributed by atoms with Crippen molar-refractivity contribution < 1.29 is 9.90 Å². The van der Waals surface area contributed by atoms with Gasteiger partial charge in [-0.25, -0.2) is 14.8 Å². The number of carboxylic acids is 1. The Bertz CT molecular complexity index is 415. The lowest BCUT2D eigenvalue weighted by atomic mass is 9.99. The molecule has 0 aromatic carbocycles. The van der Waals surface area contributed by atoms with E-state index in [1.165, 1.54) is 31.9 Å². The van der Waals surface area contributed by atoms with E-state index in [1.807, 2.05) is 0 Å². The first kappa shape index (κ1) is 12.3. The number of aromatic carboxylic acids is 1. The Hall–Kier alpha value is -1.16. The van der Waals surface area contributed by atoms with Gasteiger partial charge in [-0.15, -0.1) is 0 Å². The maximum absolute atomic E-state index is 10.9. The summed E-state index contributed by atoms with van der Waals surface area (Å²) in [6.07, 6.45) is 8.31. The molecule has 0 unspecified atom stereocenters. The van der Waals surface area contributed by atoms with Gasteiger partial charge in [0.1, 0.15) is 5.82 Å². The van der Waals surface area contributed by atoms with Crippen molar-refractivity contribution in [3.05, 3.63) is 22.7 Å². The standard InChI is InChI=1S/C12H15ClN2O2/c13-9-7-14-11(15-10(9)12(16)17)8-5-3-1-2-4-6-8/h7-8H,1-6H2,(H,16,17). The van der Waals surface area contributed by atoms with Crippen LogP contribution in [0.1, 0.15) is 60.8 Å². The maximum atomic E-state index is 10.9. The lowest BCUT2D eigenvalue weighted by Crippen LogP contribution is -2.09. The zero-order valence-electron chi connectivity index (χ0n) is 9.53. The quantitative estimate of drug-likeness (QED) is 0.823. The molecule has 0 aliphatic heterocycles. The highest BCUT2D eigenvalue weighted by atomic mass is 35.5. The van der Waals surface area contributed by atoms with E-state index >= 15 is 0 Å². The molecule has 1 heterocycles. The second-order valence-corrected chi connectivity index (χ2v) is 4.83. The Morgan fingerprint density at radius 2 is 1.94 bits per heavy atom. The molecule has 2 rings (SSSR count). The molecule has 1 aromatic rings. The Labute approximate surface area is 105 Å². The van der Waals surface area contributed by atoms with Crippen molar-refractivity contribution in [2.24, 2.45) is 0 Å². The van der Waals surface area contributed by atoms with Crippen molar-refractivity contribution in [1.82, 2.24) is 9.97 Å². The van der Waals surface area contributed by atoms with Crippen LogP contribution >= 0.6 is 11.6 Å². The zero-order chi connectivity index (χ0) is 12.3. The van der Waals surface area contributed by atoms with E-state index < -0.39 is 5.97 Å². The van der Waals surface area contributed by atoms with Crippen LogP contribution in [0.3, 0.4) is 0 Å². The molecule has 0 bridgehead atoms. The summed E-state index contributed by atoms with van der Waals surface area (Å²) in [6, 6.07) is 0. The Morgan fingerprint density at radius 3 is 2.53 bits per heavy atom. The number of rotatable bonds is 2. The van der Waals surface area contributed by atoms with Crippen molar-refractivity contribution in [2.45, 2.75) is 44.4 Å². The monoisotopic (exact) mass is 254 g/mol. The molecule has 1 aliphatic carbocycles. The number of halogens is 1. The molecular weight excluding hydrogens is 240 g/mol. The van der Waals surface area contributed by atoms with Gasteiger partial charge >= 0.3 is 5.97 Å². The van der Waals surface area contributed by atoms with E-state index in [9.17, 15) is 4.79 Å². The number of carbonyl (C=O) groups is 1. The molecular formula is C12H15ClN2O2. The zero-order valence-corrected chi connectivity index (χ0v) is 10.3. The van der Waals surface area contributed by atoms with Crippen molar-refractivity contribution in [3.8, 4) is 0 Å². The van der Waals surface area contributed by atoms with E-state index in [2.05, 4.69) is 9.97 Å². The summed E-state index contributed by atoms with van der Waals surface area (Å²) in [7, 11) is 0. The Balaban J connectivity index is 2.25. The van der Waals surface area contributed by atoms with Gasteiger partial charge in [0.2, 0.25) is 0 Å². The first-order valence-corrected chi connectivity index (χ1v) is 6.32. The Kier molecular flexibility index (Phi) is 3.94. The summed E-state index contributed by atoms with van der Waals surface area (Å²) in [5.41, 5.74) is -0.0825. The summed E-state index contributed by atoms with van der Waals surface area (Å²) < 4.78 is 0. The highest BCUT2D eigenvalue weighted by Crippen LogP contribution is 2.30. The molecule has 0 spiro atoms. The third kappa shape index (κ3) is 2.94. The van der Waals surface area contributed by atoms with Gasteiger partial charge in [-0.3, -0.25) is 0 Å². The number of aromatic nitrogens is 2. The van der Waals surface area contributed by atoms with Gasteiger partial charge in [-0.05, 0) is 12.8 Å². The number of carboxylic acid groups (broad SMARTS) is 1. The third-order valence-electron chi connectivity index (χ3n) is 3.19. The predicted octanol–water partition coefficient (Wildman–Crippen LogP) is 3.27. The number of nitrogens with zero attached hydrogens (tertiary/aromatic N) is 2. The van der Waals surface area contributed by atoms with Crippen molar-refractivity contribution in [2.75, 3.05) is 0 Å². The highest BCUT2D eigenvalue weighted by molar-refractivity contribution is 6.33. The fourth-order valence-electron chi connectivity index (χ4n) is 2.27. The molecule has 92 valence electrons. The minimum absolute atomic E-state index is 0.0825. The third-order valence-corrected chi connectivity index (χ3v) is 3.46. The first-order valence-electron chi connectivity index (χ1n) is 5.94.